The fourth-order valence-electron chi connectivity index (χ4n) is 1.00. The van der Waals surface area contributed by atoms with Crippen molar-refractivity contribution in [2.75, 3.05) is 0 Å². The fourth-order valence-corrected chi connectivity index (χ4v) is 1.00. The summed E-state index contributed by atoms with van der Waals surface area (Å²) in [6.07, 6.45) is -0.662. The highest BCUT2D eigenvalue weighted by atomic mass is 16.3. The minimum absolute atomic E-state index is 0.278. The van der Waals surface area contributed by atoms with Crippen molar-refractivity contribution in [1.29, 1.82) is 0 Å². The summed E-state index contributed by atoms with van der Waals surface area (Å²) in [4.78, 5) is 0. The molecule has 68 valence electrons. The molecule has 0 radical (unpaired) electrons. The van der Waals surface area contributed by atoms with Crippen molar-refractivity contribution in [2.45, 2.75) is 26.0 Å². The molecule has 0 saturated carbocycles. The second-order valence-corrected chi connectivity index (χ2v) is 3.14. The van der Waals surface area contributed by atoms with E-state index in [1.165, 1.54) is 0 Å². The van der Waals surface area contributed by atoms with Gasteiger partial charge < -0.3 is 10.8 Å². The number of hydrogen-bond acceptors (Lipinski definition) is 3. The predicted octanol–water partition coefficient (Wildman–Crippen LogP) is 0.109. The molecule has 0 aliphatic heterocycles. The lowest BCUT2D eigenvalue weighted by Crippen LogP contribution is -2.24. The topological polar surface area (TPSA) is 64.1 Å². The number of aromatic nitrogens is 2. The van der Waals surface area contributed by atoms with Crippen LogP contribution in [-0.4, -0.2) is 20.9 Å². The van der Waals surface area contributed by atoms with Crippen LogP contribution < -0.4 is 5.73 Å². The number of nitrogens with two attached hydrogens (primary N) is 1. The Labute approximate surface area is 72.0 Å². The summed E-state index contributed by atoms with van der Waals surface area (Å²) in [7, 11) is 1.84. The van der Waals surface area contributed by atoms with Gasteiger partial charge in [0.25, 0.3) is 0 Å². The largest absolute Gasteiger partial charge is 0.385 e. The van der Waals surface area contributed by atoms with Crippen LogP contribution in [0, 0.1) is 6.92 Å². The van der Waals surface area contributed by atoms with Gasteiger partial charge in [0, 0.05) is 18.8 Å². The molecule has 2 unspecified atom stereocenters. The number of aliphatic hydroxyl groups is 1. The van der Waals surface area contributed by atoms with Gasteiger partial charge in [0.2, 0.25) is 0 Å². The van der Waals surface area contributed by atoms with Gasteiger partial charge in [0.1, 0.15) is 6.10 Å². The minimum Gasteiger partial charge on any atom is -0.385 e. The first-order valence-corrected chi connectivity index (χ1v) is 3.96. The van der Waals surface area contributed by atoms with E-state index >= 15 is 0 Å². The third-order valence-electron chi connectivity index (χ3n) is 1.93. The SMILES string of the molecule is Cc1cc(C(O)C(C)N)nn1C. The molecule has 4 heteroatoms. The highest BCUT2D eigenvalue weighted by Crippen LogP contribution is 2.14. The van der Waals surface area contributed by atoms with Crippen LogP contribution in [0.5, 0.6) is 0 Å². The molecule has 0 aromatic carbocycles. The zero-order valence-electron chi connectivity index (χ0n) is 7.65. The van der Waals surface area contributed by atoms with Crippen molar-refractivity contribution >= 4 is 0 Å². The molecule has 2 atom stereocenters. The molecule has 0 aliphatic rings. The normalized spacial score (nSPS) is 16.1. The Balaban J connectivity index is 2.89. The summed E-state index contributed by atoms with van der Waals surface area (Å²) in [6.45, 7) is 3.69. The number of aliphatic hydroxyl groups excluding tert-OH is 1. The standard InChI is InChI=1S/C8H15N3O/c1-5-4-7(10-11(5)3)8(12)6(2)9/h4,6,8,12H,9H2,1-3H3. The smallest absolute Gasteiger partial charge is 0.113 e. The van der Waals surface area contributed by atoms with Crippen molar-refractivity contribution < 1.29 is 5.11 Å². The van der Waals surface area contributed by atoms with Crippen molar-refractivity contribution in [3.05, 3.63) is 17.5 Å². The van der Waals surface area contributed by atoms with Crippen LogP contribution in [0.1, 0.15) is 24.4 Å². The molecule has 1 heterocycles. The van der Waals surface area contributed by atoms with Gasteiger partial charge in [-0.25, -0.2) is 0 Å². The lowest BCUT2D eigenvalue weighted by atomic mass is 10.1. The number of hydrogen-bond donors (Lipinski definition) is 2. The average molecular weight is 169 g/mol. The highest BCUT2D eigenvalue weighted by molar-refractivity contribution is 5.12. The first-order chi connectivity index (χ1) is 5.52. The molecular formula is C8H15N3O. The maximum Gasteiger partial charge on any atom is 0.113 e. The van der Waals surface area contributed by atoms with Crippen LogP contribution in [-0.2, 0) is 7.05 Å². The van der Waals surface area contributed by atoms with E-state index in [9.17, 15) is 5.11 Å². The first kappa shape index (κ1) is 9.22. The van der Waals surface area contributed by atoms with Gasteiger partial charge in [-0.15, -0.1) is 0 Å². The Morgan fingerprint density at radius 3 is 2.58 bits per heavy atom. The van der Waals surface area contributed by atoms with Crippen LogP contribution in [0.25, 0.3) is 0 Å². The molecule has 12 heavy (non-hydrogen) atoms. The lowest BCUT2D eigenvalue weighted by Gasteiger charge is -2.10. The number of rotatable bonds is 2. The van der Waals surface area contributed by atoms with E-state index in [0.29, 0.717) is 5.69 Å². The first-order valence-electron chi connectivity index (χ1n) is 3.96. The van der Waals surface area contributed by atoms with Crippen LogP contribution in [0.15, 0.2) is 6.07 Å². The Bertz CT molecular complexity index is 248. The van der Waals surface area contributed by atoms with Gasteiger partial charge in [-0.1, -0.05) is 0 Å². The maximum absolute atomic E-state index is 9.53. The Kier molecular flexibility index (Phi) is 2.49. The van der Waals surface area contributed by atoms with Gasteiger partial charge in [-0.3, -0.25) is 4.68 Å². The average Bonchev–Trinajstić information content (AvgIpc) is 2.30. The Morgan fingerprint density at radius 1 is 1.67 bits per heavy atom. The van der Waals surface area contributed by atoms with Crippen molar-refractivity contribution in [1.82, 2.24) is 9.78 Å². The van der Waals surface area contributed by atoms with Crippen LogP contribution in [0.2, 0.25) is 0 Å². The molecule has 0 bridgehead atoms. The molecule has 0 amide bonds. The van der Waals surface area contributed by atoms with E-state index in [0.717, 1.165) is 5.69 Å². The second kappa shape index (κ2) is 3.25. The van der Waals surface area contributed by atoms with E-state index in [1.54, 1.807) is 11.6 Å². The van der Waals surface area contributed by atoms with E-state index in [2.05, 4.69) is 5.10 Å². The lowest BCUT2D eigenvalue weighted by molar-refractivity contribution is 0.148. The fraction of sp³-hybridized carbons (Fsp3) is 0.625. The molecule has 0 spiro atoms. The Hall–Kier alpha value is -0.870. The van der Waals surface area contributed by atoms with Crippen LogP contribution >= 0.6 is 0 Å². The summed E-state index contributed by atoms with van der Waals surface area (Å²) in [5.74, 6) is 0. The van der Waals surface area contributed by atoms with Crippen LogP contribution in [0.4, 0.5) is 0 Å². The van der Waals surface area contributed by atoms with E-state index in [1.807, 2.05) is 20.0 Å². The van der Waals surface area contributed by atoms with E-state index in [4.69, 9.17) is 5.73 Å². The van der Waals surface area contributed by atoms with Gasteiger partial charge in [-0.05, 0) is 19.9 Å². The summed E-state index contributed by atoms with van der Waals surface area (Å²) in [6, 6.07) is 1.56. The van der Waals surface area contributed by atoms with Gasteiger partial charge in [-0.2, -0.15) is 5.10 Å². The maximum atomic E-state index is 9.53. The quantitative estimate of drug-likeness (QED) is 0.660. The molecule has 1 aromatic heterocycles. The van der Waals surface area contributed by atoms with E-state index in [-0.39, 0.29) is 6.04 Å². The van der Waals surface area contributed by atoms with Crippen molar-refractivity contribution in [2.24, 2.45) is 12.8 Å². The molecule has 0 aliphatic carbocycles. The number of nitrogens with zero attached hydrogens (tertiary/aromatic N) is 2. The molecular weight excluding hydrogens is 154 g/mol. The zero-order valence-corrected chi connectivity index (χ0v) is 7.65. The summed E-state index contributed by atoms with van der Waals surface area (Å²) in [5, 5.41) is 13.7. The molecule has 0 fully saturated rings. The van der Waals surface area contributed by atoms with Gasteiger partial charge in [0.15, 0.2) is 0 Å². The molecule has 1 aromatic rings. The van der Waals surface area contributed by atoms with Crippen LogP contribution in [0.3, 0.4) is 0 Å². The monoisotopic (exact) mass is 169 g/mol. The van der Waals surface area contributed by atoms with Crippen molar-refractivity contribution in [3.63, 3.8) is 0 Å². The second-order valence-electron chi connectivity index (χ2n) is 3.14. The number of aryl methyl sites for hydroxylation is 2. The molecule has 4 nitrogen and oxygen atoms in total. The van der Waals surface area contributed by atoms with E-state index < -0.39 is 6.10 Å². The zero-order chi connectivity index (χ0) is 9.30. The summed E-state index contributed by atoms with van der Waals surface area (Å²) >= 11 is 0. The molecule has 0 saturated heterocycles. The minimum atomic E-state index is -0.662. The van der Waals surface area contributed by atoms with Gasteiger partial charge >= 0.3 is 0 Å². The van der Waals surface area contributed by atoms with Crippen molar-refractivity contribution in [3.8, 4) is 0 Å². The third-order valence-corrected chi connectivity index (χ3v) is 1.93. The Morgan fingerprint density at radius 2 is 2.25 bits per heavy atom. The summed E-state index contributed by atoms with van der Waals surface area (Å²) < 4.78 is 1.72. The highest BCUT2D eigenvalue weighted by Gasteiger charge is 2.15. The molecule has 1 rings (SSSR count). The molecule has 3 N–H and O–H groups in total. The predicted molar refractivity (Wildman–Crippen MR) is 46.6 cm³/mol. The van der Waals surface area contributed by atoms with Gasteiger partial charge in [0.05, 0.1) is 5.69 Å². The summed E-state index contributed by atoms with van der Waals surface area (Å²) in [5.41, 5.74) is 7.19. The third kappa shape index (κ3) is 1.65.